The lowest BCUT2D eigenvalue weighted by atomic mass is 9.59. The average molecular weight is 699 g/mol. The Morgan fingerprint density at radius 3 is 1.40 bits per heavy atom. The van der Waals surface area contributed by atoms with Gasteiger partial charge in [0.1, 0.15) is 11.5 Å². The van der Waals surface area contributed by atoms with E-state index < -0.39 is 10.8 Å². The van der Waals surface area contributed by atoms with Gasteiger partial charge in [-0.15, -0.1) is 0 Å². The Hall–Kier alpha value is -6.96. The third-order valence-electron chi connectivity index (χ3n) is 12.6. The maximum absolute atomic E-state index is 7.01. The van der Waals surface area contributed by atoms with Crippen LogP contribution in [0.3, 0.4) is 0 Å². The molecule has 2 aliphatic carbocycles. The Bertz CT molecular complexity index is 2970. The summed E-state index contributed by atoms with van der Waals surface area (Å²) in [6.07, 6.45) is 0. The Balaban J connectivity index is 1.27. The highest BCUT2D eigenvalue weighted by Crippen LogP contribution is 2.65. The third-order valence-corrected chi connectivity index (χ3v) is 12.6. The molecule has 1 spiro atoms. The molecule has 0 saturated carbocycles. The Morgan fingerprint density at radius 2 is 0.709 bits per heavy atom. The molecule has 0 radical (unpaired) electrons. The molecule has 0 saturated heterocycles. The van der Waals surface area contributed by atoms with Crippen LogP contribution >= 0.6 is 0 Å². The molecule has 3 aliphatic rings. The third kappa shape index (κ3) is 3.82. The fourth-order valence-corrected chi connectivity index (χ4v) is 10.7. The normalized spacial score (nSPS) is 16.4. The first-order valence-electron chi connectivity index (χ1n) is 19.2. The monoisotopic (exact) mass is 698 g/mol. The molecule has 0 bridgehead atoms. The highest BCUT2D eigenvalue weighted by Gasteiger charge is 2.53. The molecule has 256 valence electrons. The summed E-state index contributed by atoms with van der Waals surface area (Å²) in [6.45, 7) is 0. The second kappa shape index (κ2) is 11.3. The summed E-state index contributed by atoms with van der Waals surface area (Å²) in [5, 5.41) is 2.60. The molecule has 0 aromatic heterocycles. The first-order valence-corrected chi connectivity index (χ1v) is 19.2. The number of hydrogen-bond donors (Lipinski definition) is 0. The fourth-order valence-electron chi connectivity index (χ4n) is 10.7. The molecule has 0 amide bonds. The number of rotatable bonds is 3. The van der Waals surface area contributed by atoms with Crippen LogP contribution in [0.25, 0.3) is 44.2 Å². The van der Waals surface area contributed by atoms with Crippen LogP contribution in [0.4, 0.5) is 0 Å². The van der Waals surface area contributed by atoms with Gasteiger partial charge in [-0.1, -0.05) is 194 Å². The predicted molar refractivity (Wildman–Crippen MR) is 224 cm³/mol. The van der Waals surface area contributed by atoms with E-state index in [2.05, 4.69) is 206 Å². The molecule has 9 aromatic rings. The summed E-state index contributed by atoms with van der Waals surface area (Å²) in [5.74, 6) is 1.76. The summed E-state index contributed by atoms with van der Waals surface area (Å²) >= 11 is 0. The molecular weight excluding hydrogens is 665 g/mol. The number of para-hydroxylation sites is 1. The van der Waals surface area contributed by atoms with Gasteiger partial charge in [-0.2, -0.15) is 0 Å². The molecular formula is C54H34O. The van der Waals surface area contributed by atoms with Crippen LogP contribution in [0.1, 0.15) is 44.5 Å². The highest BCUT2D eigenvalue weighted by atomic mass is 16.5. The van der Waals surface area contributed by atoms with Crippen molar-refractivity contribution in [2.45, 2.75) is 10.8 Å². The first-order chi connectivity index (χ1) is 27.3. The maximum atomic E-state index is 7.01. The highest BCUT2D eigenvalue weighted by molar-refractivity contribution is 6.08. The van der Waals surface area contributed by atoms with Crippen molar-refractivity contribution in [2.75, 3.05) is 0 Å². The summed E-state index contributed by atoms with van der Waals surface area (Å²) in [7, 11) is 0. The van der Waals surface area contributed by atoms with E-state index in [-0.39, 0.29) is 0 Å². The minimum Gasteiger partial charge on any atom is -0.457 e. The molecule has 12 rings (SSSR count). The van der Waals surface area contributed by atoms with E-state index in [1.807, 2.05) is 0 Å². The standard InChI is InChI=1S/C54H34O/c1-3-19-36(20-4-1)53(37-21-5-2-6-22-37)46-31-11-12-33-48(46)55-49-34-16-28-43(52(49)53)42-27-15-26-41-39-24-8-10-30-45(39)54(51(41)42)44-29-9-7-23-38(44)40-25-13-17-35-18-14-32-47(54)50(35)40/h1-34H. The molecule has 9 aromatic carbocycles. The number of benzene rings is 9. The second-order valence-electron chi connectivity index (χ2n) is 15.0. The summed E-state index contributed by atoms with van der Waals surface area (Å²) in [4.78, 5) is 0. The van der Waals surface area contributed by atoms with Gasteiger partial charge in [0.25, 0.3) is 0 Å². The van der Waals surface area contributed by atoms with E-state index in [9.17, 15) is 0 Å². The van der Waals surface area contributed by atoms with E-state index in [1.54, 1.807) is 0 Å². The van der Waals surface area contributed by atoms with Gasteiger partial charge < -0.3 is 4.74 Å². The zero-order valence-corrected chi connectivity index (χ0v) is 30.0. The van der Waals surface area contributed by atoms with E-state index >= 15 is 0 Å². The lowest BCUT2D eigenvalue weighted by Gasteiger charge is -2.44. The molecule has 0 fully saturated rings. The smallest absolute Gasteiger partial charge is 0.132 e. The van der Waals surface area contributed by atoms with Gasteiger partial charge in [0.15, 0.2) is 0 Å². The van der Waals surface area contributed by atoms with Crippen molar-refractivity contribution in [2.24, 2.45) is 0 Å². The molecule has 1 nitrogen and oxygen atoms in total. The van der Waals surface area contributed by atoms with Crippen LogP contribution in [0.2, 0.25) is 0 Å². The SMILES string of the molecule is c1ccc(C2(c3ccccc3)c3ccccc3Oc3cccc(-c4cccc5c4C4(c6ccccc6-5)c5ccccc5-c5cccc6cccc4c56)c32)cc1. The Morgan fingerprint density at radius 1 is 0.273 bits per heavy atom. The fraction of sp³-hybridized carbons (Fsp3) is 0.0370. The second-order valence-corrected chi connectivity index (χ2v) is 15.0. The molecule has 1 heterocycles. The molecule has 1 heteroatoms. The number of hydrogen-bond acceptors (Lipinski definition) is 1. The van der Waals surface area contributed by atoms with Crippen LogP contribution in [0.5, 0.6) is 11.5 Å². The van der Waals surface area contributed by atoms with Gasteiger partial charge in [-0.25, -0.2) is 0 Å². The van der Waals surface area contributed by atoms with E-state index in [1.165, 1.54) is 77.5 Å². The van der Waals surface area contributed by atoms with Crippen molar-refractivity contribution >= 4 is 10.8 Å². The van der Waals surface area contributed by atoms with Crippen LogP contribution < -0.4 is 4.74 Å². The van der Waals surface area contributed by atoms with E-state index in [0.29, 0.717) is 0 Å². The van der Waals surface area contributed by atoms with Gasteiger partial charge in [-0.3, -0.25) is 0 Å². The summed E-state index contributed by atoms with van der Waals surface area (Å²) < 4.78 is 7.01. The van der Waals surface area contributed by atoms with Crippen molar-refractivity contribution < 1.29 is 4.74 Å². The Kier molecular flexibility index (Phi) is 6.25. The number of fused-ring (bicyclic) bond motifs is 11. The van der Waals surface area contributed by atoms with Crippen LogP contribution in [0.15, 0.2) is 206 Å². The van der Waals surface area contributed by atoms with Gasteiger partial charge >= 0.3 is 0 Å². The van der Waals surface area contributed by atoms with Gasteiger partial charge in [0.05, 0.1) is 10.8 Å². The number of ether oxygens (including phenoxy) is 1. The van der Waals surface area contributed by atoms with Crippen LogP contribution in [-0.4, -0.2) is 0 Å². The van der Waals surface area contributed by atoms with Gasteiger partial charge in [0.2, 0.25) is 0 Å². The minimum absolute atomic E-state index is 0.564. The Labute approximate surface area is 320 Å². The maximum Gasteiger partial charge on any atom is 0.132 e. The zero-order valence-electron chi connectivity index (χ0n) is 30.0. The molecule has 0 N–H and O–H groups in total. The van der Waals surface area contributed by atoms with Crippen molar-refractivity contribution in [3.63, 3.8) is 0 Å². The predicted octanol–water partition coefficient (Wildman–Crippen LogP) is 13.3. The molecule has 1 unspecified atom stereocenters. The molecule has 1 aliphatic heterocycles. The largest absolute Gasteiger partial charge is 0.457 e. The summed E-state index contributed by atoms with van der Waals surface area (Å²) in [5.41, 5.74) is 16.3. The van der Waals surface area contributed by atoms with Gasteiger partial charge in [-0.05, 0) is 89.7 Å². The van der Waals surface area contributed by atoms with E-state index in [0.717, 1.165) is 22.6 Å². The van der Waals surface area contributed by atoms with Crippen LogP contribution in [-0.2, 0) is 10.8 Å². The van der Waals surface area contributed by atoms with E-state index in [4.69, 9.17) is 4.74 Å². The quantitative estimate of drug-likeness (QED) is 0.178. The van der Waals surface area contributed by atoms with Crippen LogP contribution in [0, 0.1) is 0 Å². The molecule has 1 atom stereocenters. The van der Waals surface area contributed by atoms with Crippen molar-refractivity contribution in [3.05, 3.63) is 251 Å². The average Bonchev–Trinajstić information content (AvgIpc) is 3.56. The lowest BCUT2D eigenvalue weighted by Crippen LogP contribution is -2.35. The summed E-state index contributed by atoms with van der Waals surface area (Å²) in [6, 6.07) is 76.3. The lowest BCUT2D eigenvalue weighted by molar-refractivity contribution is 0.435. The topological polar surface area (TPSA) is 9.23 Å². The first kappa shape index (κ1) is 30.5. The van der Waals surface area contributed by atoms with Gasteiger partial charge in [0, 0.05) is 11.1 Å². The zero-order chi connectivity index (χ0) is 36.1. The van der Waals surface area contributed by atoms with Crippen molar-refractivity contribution in [1.82, 2.24) is 0 Å². The minimum atomic E-state index is -0.665. The molecule has 55 heavy (non-hydrogen) atoms. The van der Waals surface area contributed by atoms with Crippen molar-refractivity contribution in [1.29, 1.82) is 0 Å². The van der Waals surface area contributed by atoms with Crippen molar-refractivity contribution in [3.8, 4) is 44.9 Å².